The summed E-state index contributed by atoms with van der Waals surface area (Å²) in [5.74, 6) is -0.207. The lowest BCUT2D eigenvalue weighted by Crippen LogP contribution is -2.35. The first-order chi connectivity index (χ1) is 17.5. The van der Waals surface area contributed by atoms with Gasteiger partial charge in [0.1, 0.15) is 0 Å². The maximum Gasteiger partial charge on any atom is 0.224 e. The lowest BCUT2D eigenvalue weighted by Gasteiger charge is -2.26. The van der Waals surface area contributed by atoms with Gasteiger partial charge >= 0.3 is 0 Å². The second-order valence-electron chi connectivity index (χ2n) is 9.38. The molecule has 3 heterocycles. The van der Waals surface area contributed by atoms with E-state index in [0.717, 1.165) is 53.6 Å². The molecule has 188 valence electrons. The van der Waals surface area contributed by atoms with Gasteiger partial charge in [0, 0.05) is 66.5 Å². The average Bonchev–Trinajstić information content (AvgIpc) is 3.23. The summed E-state index contributed by atoms with van der Waals surface area (Å²) < 4.78 is 7.45. The number of rotatable bonds is 9. The monoisotopic (exact) mass is 507 g/mol. The van der Waals surface area contributed by atoms with E-state index in [2.05, 4.69) is 16.3 Å². The summed E-state index contributed by atoms with van der Waals surface area (Å²) in [5, 5.41) is 14.6. The Hall–Kier alpha value is -2.97. The van der Waals surface area contributed by atoms with E-state index in [9.17, 15) is 14.7 Å². The third-order valence-corrected chi connectivity index (χ3v) is 7.02. The van der Waals surface area contributed by atoms with Crippen LogP contribution in [0.4, 0.5) is 0 Å². The van der Waals surface area contributed by atoms with Crippen molar-refractivity contribution < 1.29 is 14.6 Å². The van der Waals surface area contributed by atoms with Crippen LogP contribution in [0.2, 0.25) is 5.02 Å². The molecule has 2 aromatic carbocycles. The van der Waals surface area contributed by atoms with E-state index in [0.29, 0.717) is 42.2 Å². The van der Waals surface area contributed by atoms with Crippen LogP contribution in [0.15, 0.2) is 53.6 Å². The quantitative estimate of drug-likeness (QED) is 0.363. The number of pyridine rings is 1. The molecule has 0 atom stereocenters. The molecule has 0 radical (unpaired) electrons. The second kappa shape index (κ2) is 11.0. The van der Waals surface area contributed by atoms with Gasteiger partial charge in [-0.1, -0.05) is 23.7 Å². The highest BCUT2D eigenvalue weighted by atomic mass is 35.5. The number of nitrogens with zero attached hydrogens (tertiary/aromatic N) is 2. The molecule has 0 saturated carbocycles. The van der Waals surface area contributed by atoms with Crippen LogP contribution in [0.3, 0.4) is 0 Å². The first kappa shape index (κ1) is 24.7. The number of carbonyl (C=O) groups is 1. The van der Waals surface area contributed by atoms with Crippen molar-refractivity contribution in [3.05, 3.63) is 86.3 Å². The largest absolute Gasteiger partial charge is 0.396 e. The number of aliphatic hydroxyl groups excluding tert-OH is 1. The SMILES string of the molecule is O=C(Cc1cn2cc(CCCO)c3cc(CN4CCOCC4)cc(c1=O)c32)NCc1ccc(Cl)cc1. The average molecular weight is 508 g/mol. The Morgan fingerprint density at radius 1 is 1.03 bits per heavy atom. The van der Waals surface area contributed by atoms with Crippen LogP contribution in [-0.2, 0) is 35.5 Å². The Labute approximate surface area is 214 Å². The molecule has 36 heavy (non-hydrogen) atoms. The van der Waals surface area contributed by atoms with E-state index in [1.54, 1.807) is 18.3 Å². The van der Waals surface area contributed by atoms with Gasteiger partial charge in [0.05, 0.1) is 25.2 Å². The van der Waals surface area contributed by atoms with Gasteiger partial charge in [0.25, 0.3) is 0 Å². The van der Waals surface area contributed by atoms with E-state index in [1.807, 2.05) is 28.8 Å². The van der Waals surface area contributed by atoms with Crippen LogP contribution < -0.4 is 10.7 Å². The van der Waals surface area contributed by atoms with Gasteiger partial charge in [0.15, 0.2) is 5.43 Å². The molecule has 0 unspecified atom stereocenters. The lowest BCUT2D eigenvalue weighted by molar-refractivity contribution is -0.120. The van der Waals surface area contributed by atoms with Gasteiger partial charge < -0.3 is 19.6 Å². The summed E-state index contributed by atoms with van der Waals surface area (Å²) in [7, 11) is 0. The van der Waals surface area contributed by atoms with E-state index >= 15 is 0 Å². The van der Waals surface area contributed by atoms with Crippen LogP contribution in [0.25, 0.3) is 16.3 Å². The minimum atomic E-state index is -0.207. The van der Waals surface area contributed by atoms with Crippen LogP contribution in [-0.4, -0.2) is 53.2 Å². The molecule has 0 spiro atoms. The maximum absolute atomic E-state index is 13.6. The van der Waals surface area contributed by atoms with Crippen LogP contribution in [0.1, 0.15) is 28.7 Å². The van der Waals surface area contributed by atoms with Gasteiger partial charge in [-0.3, -0.25) is 14.5 Å². The van der Waals surface area contributed by atoms with Crippen molar-refractivity contribution in [2.75, 3.05) is 32.9 Å². The molecule has 1 aliphatic heterocycles. The van der Waals surface area contributed by atoms with Crippen molar-refractivity contribution >= 4 is 33.8 Å². The van der Waals surface area contributed by atoms with Crippen molar-refractivity contribution in [1.29, 1.82) is 0 Å². The Morgan fingerprint density at radius 3 is 2.50 bits per heavy atom. The number of aryl methyl sites for hydroxylation is 1. The number of morpholine rings is 1. The summed E-state index contributed by atoms with van der Waals surface area (Å²) in [6.07, 6.45) is 5.19. The Balaban J connectivity index is 1.45. The number of ether oxygens (including phenoxy) is 1. The first-order valence-electron chi connectivity index (χ1n) is 12.4. The minimum absolute atomic E-state index is 0.00516. The third kappa shape index (κ3) is 5.39. The molecule has 0 bridgehead atoms. The molecular weight excluding hydrogens is 478 g/mol. The van der Waals surface area contributed by atoms with Gasteiger partial charge in [-0.2, -0.15) is 0 Å². The second-order valence-corrected chi connectivity index (χ2v) is 9.82. The molecule has 7 nitrogen and oxygen atoms in total. The standard InChI is InChI=1S/C28H30ClN3O4/c29-23-5-3-19(4-6-23)15-30-26(34)14-22-18-32-17-21(2-1-9-33)24-12-20(13-25(27(24)32)28(22)35)16-31-7-10-36-11-8-31/h3-6,12-13,17-18,33H,1-2,7-11,14-16H2,(H,30,34). The van der Waals surface area contributed by atoms with Crippen molar-refractivity contribution in [3.63, 3.8) is 0 Å². The fourth-order valence-electron chi connectivity index (χ4n) is 4.94. The van der Waals surface area contributed by atoms with E-state index < -0.39 is 0 Å². The van der Waals surface area contributed by atoms with E-state index in [-0.39, 0.29) is 24.4 Å². The van der Waals surface area contributed by atoms with Gasteiger partial charge in [-0.15, -0.1) is 0 Å². The predicted molar refractivity (Wildman–Crippen MR) is 141 cm³/mol. The highest BCUT2D eigenvalue weighted by molar-refractivity contribution is 6.30. The van der Waals surface area contributed by atoms with E-state index in [1.165, 1.54) is 0 Å². The Morgan fingerprint density at radius 2 is 1.75 bits per heavy atom. The summed E-state index contributed by atoms with van der Waals surface area (Å²) in [6.45, 7) is 4.37. The molecule has 1 fully saturated rings. The molecule has 2 aromatic heterocycles. The summed E-state index contributed by atoms with van der Waals surface area (Å²) in [4.78, 5) is 28.6. The number of hydrogen-bond donors (Lipinski definition) is 2. The number of amides is 1. The number of carbonyl (C=O) groups excluding carboxylic acids is 1. The molecular formula is C28H30ClN3O4. The predicted octanol–water partition coefficient (Wildman–Crippen LogP) is 3.16. The topological polar surface area (TPSA) is 83.3 Å². The van der Waals surface area contributed by atoms with Crippen LogP contribution >= 0.6 is 11.6 Å². The van der Waals surface area contributed by atoms with Crippen LogP contribution in [0.5, 0.6) is 0 Å². The number of halogens is 1. The zero-order valence-electron chi connectivity index (χ0n) is 20.1. The highest BCUT2D eigenvalue weighted by Crippen LogP contribution is 2.28. The molecule has 2 N–H and O–H groups in total. The number of benzene rings is 2. The molecule has 8 heteroatoms. The smallest absolute Gasteiger partial charge is 0.224 e. The van der Waals surface area contributed by atoms with Crippen molar-refractivity contribution in [2.24, 2.45) is 0 Å². The lowest BCUT2D eigenvalue weighted by atomic mass is 10.0. The minimum Gasteiger partial charge on any atom is -0.396 e. The van der Waals surface area contributed by atoms with Crippen molar-refractivity contribution in [2.45, 2.75) is 32.4 Å². The van der Waals surface area contributed by atoms with E-state index in [4.69, 9.17) is 16.3 Å². The van der Waals surface area contributed by atoms with Crippen molar-refractivity contribution in [1.82, 2.24) is 14.6 Å². The zero-order valence-corrected chi connectivity index (χ0v) is 20.9. The molecule has 1 saturated heterocycles. The van der Waals surface area contributed by atoms with Gasteiger partial charge in [-0.05, 0) is 53.8 Å². The summed E-state index contributed by atoms with van der Waals surface area (Å²) in [5.41, 5.74) is 4.35. The molecule has 4 aromatic rings. The number of aromatic nitrogens is 1. The van der Waals surface area contributed by atoms with Crippen LogP contribution in [0, 0.1) is 0 Å². The highest BCUT2D eigenvalue weighted by Gasteiger charge is 2.19. The molecule has 5 rings (SSSR count). The Kier molecular flexibility index (Phi) is 7.53. The molecule has 0 aliphatic carbocycles. The summed E-state index contributed by atoms with van der Waals surface area (Å²) >= 11 is 5.93. The number of hydrogen-bond acceptors (Lipinski definition) is 5. The fraction of sp³-hybridized carbons (Fsp3) is 0.357. The normalized spacial score (nSPS) is 14.6. The van der Waals surface area contributed by atoms with Crippen molar-refractivity contribution in [3.8, 4) is 0 Å². The zero-order chi connectivity index (χ0) is 25.1. The maximum atomic E-state index is 13.6. The van der Waals surface area contributed by atoms with Gasteiger partial charge in [0.2, 0.25) is 5.91 Å². The third-order valence-electron chi connectivity index (χ3n) is 6.77. The first-order valence-corrected chi connectivity index (χ1v) is 12.7. The fourth-order valence-corrected chi connectivity index (χ4v) is 5.06. The molecule has 1 amide bonds. The number of aliphatic hydroxyl groups is 1. The Bertz CT molecular complexity index is 1410. The number of nitrogens with one attached hydrogen (secondary N) is 1. The molecule has 1 aliphatic rings. The summed E-state index contributed by atoms with van der Waals surface area (Å²) in [6, 6.07) is 11.4. The van der Waals surface area contributed by atoms with Gasteiger partial charge in [-0.25, -0.2) is 0 Å².